The number of benzene rings is 3. The Morgan fingerprint density at radius 2 is 1.00 bits per heavy atom. The second-order valence-corrected chi connectivity index (χ2v) is 22.6. The van der Waals surface area contributed by atoms with Gasteiger partial charge in [-0.1, -0.05) is 65.8 Å². The number of phenolic OH excluding ortho intramolecular Hbond substituents is 1. The number of nitrogens with one attached hydrogen (secondary N) is 5. The molecule has 0 radical (unpaired) electrons. The number of H-pyrrole nitrogens is 1. The number of aromatic hydroxyl groups is 1. The number of carbonyl (C=O) groups is 2. The standard InChI is InChI=1S/C43H64N6O9Si2/c1-42(2,3)34-27-31(28-35(38(34)50)43(4,5)6)39-48-36(29-15-19-32(20-16-29)46-40(51)44-23-13-25-59(53-7,54-8)55-9)37(49-39)30-17-21-33(22-18-30)47-41(52)45-24-14-26-60(56-10,57-11)58-12/h15-22,27-28,50H,13-14,23-26H2,1-12H3,(H,48,49)(H2,44,46,51)(H2,45,47,52). The smallest absolute Gasteiger partial charge is 0.500 e. The molecular weight excluding hydrogens is 801 g/mol. The van der Waals surface area contributed by atoms with Crippen molar-refractivity contribution < 1.29 is 41.3 Å². The molecule has 15 nitrogen and oxygen atoms in total. The van der Waals surface area contributed by atoms with Gasteiger partial charge in [0.05, 0.1) is 11.4 Å². The molecule has 0 saturated heterocycles. The fourth-order valence-electron chi connectivity index (χ4n) is 6.75. The van der Waals surface area contributed by atoms with E-state index in [1.54, 1.807) is 42.7 Å². The molecule has 0 aliphatic rings. The zero-order valence-electron chi connectivity index (χ0n) is 37.2. The number of rotatable bonds is 19. The highest BCUT2D eigenvalue weighted by molar-refractivity contribution is 6.60. The highest BCUT2D eigenvalue weighted by Gasteiger charge is 2.38. The second-order valence-electron chi connectivity index (χ2n) is 16.4. The van der Waals surface area contributed by atoms with Gasteiger partial charge in [-0.3, -0.25) is 0 Å². The number of amides is 4. The summed E-state index contributed by atoms with van der Waals surface area (Å²) in [6.07, 6.45) is 1.25. The van der Waals surface area contributed by atoms with E-state index in [1.165, 1.54) is 0 Å². The van der Waals surface area contributed by atoms with Crippen molar-refractivity contribution in [1.29, 1.82) is 0 Å². The van der Waals surface area contributed by atoms with Crippen molar-refractivity contribution in [1.82, 2.24) is 20.6 Å². The molecule has 0 atom stereocenters. The summed E-state index contributed by atoms with van der Waals surface area (Å²) in [4.78, 5) is 34.3. The Morgan fingerprint density at radius 1 is 0.617 bits per heavy atom. The predicted octanol–water partition coefficient (Wildman–Crippen LogP) is 8.49. The number of urea groups is 2. The van der Waals surface area contributed by atoms with Crippen LogP contribution in [0.3, 0.4) is 0 Å². The van der Waals surface area contributed by atoms with Gasteiger partial charge < -0.3 is 57.9 Å². The molecule has 1 aromatic heterocycles. The maximum atomic E-state index is 12.8. The van der Waals surface area contributed by atoms with E-state index in [-0.39, 0.29) is 28.6 Å². The van der Waals surface area contributed by atoms with E-state index in [0.717, 1.165) is 33.5 Å². The van der Waals surface area contributed by atoms with Crippen LogP contribution in [0.1, 0.15) is 65.5 Å². The maximum absolute atomic E-state index is 12.8. The highest BCUT2D eigenvalue weighted by Crippen LogP contribution is 2.43. The minimum atomic E-state index is -2.72. The number of imidazole rings is 1. The van der Waals surface area contributed by atoms with Crippen LogP contribution in [0.5, 0.6) is 5.75 Å². The lowest BCUT2D eigenvalue weighted by atomic mass is 9.78. The molecule has 4 rings (SSSR count). The van der Waals surface area contributed by atoms with Gasteiger partial charge in [0.25, 0.3) is 0 Å². The van der Waals surface area contributed by atoms with Crippen LogP contribution < -0.4 is 21.3 Å². The van der Waals surface area contributed by atoms with E-state index in [0.29, 0.717) is 60.9 Å². The van der Waals surface area contributed by atoms with Crippen LogP contribution in [-0.2, 0) is 37.4 Å². The fraction of sp³-hybridized carbons (Fsp3) is 0.465. The Hall–Kier alpha value is -4.60. The van der Waals surface area contributed by atoms with E-state index in [9.17, 15) is 14.7 Å². The summed E-state index contributed by atoms with van der Waals surface area (Å²) >= 11 is 0. The number of phenols is 1. The average molecular weight is 865 g/mol. The van der Waals surface area contributed by atoms with E-state index in [2.05, 4.69) is 67.8 Å². The zero-order chi connectivity index (χ0) is 44.3. The van der Waals surface area contributed by atoms with Crippen molar-refractivity contribution in [2.75, 3.05) is 66.4 Å². The van der Waals surface area contributed by atoms with Crippen LogP contribution >= 0.6 is 0 Å². The van der Waals surface area contributed by atoms with Crippen LogP contribution in [0.25, 0.3) is 33.9 Å². The fourth-order valence-corrected chi connectivity index (χ4v) is 10.2. The number of nitrogens with zero attached hydrogens (tertiary/aromatic N) is 1. The largest absolute Gasteiger partial charge is 0.507 e. The van der Waals surface area contributed by atoms with Gasteiger partial charge in [0.1, 0.15) is 11.6 Å². The summed E-state index contributed by atoms with van der Waals surface area (Å²) in [5.41, 5.74) is 6.12. The molecule has 4 aromatic rings. The van der Waals surface area contributed by atoms with Gasteiger partial charge in [-0.15, -0.1) is 0 Å². The minimum Gasteiger partial charge on any atom is -0.507 e. The third kappa shape index (κ3) is 12.3. The topological polar surface area (TPSA) is 187 Å². The molecule has 0 fully saturated rings. The Labute approximate surface area is 357 Å². The third-order valence-corrected chi connectivity index (χ3v) is 16.0. The summed E-state index contributed by atoms with van der Waals surface area (Å²) in [5.74, 6) is 0.916. The Morgan fingerprint density at radius 3 is 1.37 bits per heavy atom. The molecule has 17 heteroatoms. The monoisotopic (exact) mass is 864 g/mol. The van der Waals surface area contributed by atoms with E-state index < -0.39 is 17.6 Å². The highest BCUT2D eigenvalue weighted by atomic mass is 28.4. The zero-order valence-corrected chi connectivity index (χ0v) is 39.2. The van der Waals surface area contributed by atoms with Crippen molar-refractivity contribution in [2.45, 2.75) is 77.3 Å². The summed E-state index contributed by atoms with van der Waals surface area (Å²) in [6, 6.07) is 19.4. The van der Waals surface area contributed by atoms with Crippen LogP contribution in [0.4, 0.5) is 21.0 Å². The molecule has 0 saturated carbocycles. The van der Waals surface area contributed by atoms with E-state index in [1.807, 2.05) is 60.7 Å². The molecule has 3 aromatic carbocycles. The van der Waals surface area contributed by atoms with Gasteiger partial charge in [-0.25, -0.2) is 14.6 Å². The summed E-state index contributed by atoms with van der Waals surface area (Å²) < 4.78 is 32.8. The third-order valence-electron chi connectivity index (χ3n) is 10.3. The quantitative estimate of drug-likeness (QED) is 0.0394. The first kappa shape index (κ1) is 48.1. The maximum Gasteiger partial charge on any atom is 0.500 e. The molecule has 0 spiro atoms. The molecule has 6 N–H and O–H groups in total. The molecule has 0 aliphatic carbocycles. The first-order valence-corrected chi connectivity index (χ1v) is 23.8. The predicted molar refractivity (Wildman–Crippen MR) is 240 cm³/mol. The van der Waals surface area contributed by atoms with Crippen molar-refractivity contribution in [2.24, 2.45) is 0 Å². The molecule has 4 amide bonds. The molecule has 60 heavy (non-hydrogen) atoms. The van der Waals surface area contributed by atoms with Gasteiger partial charge in [0.2, 0.25) is 0 Å². The Bertz CT molecular complexity index is 1870. The number of anilines is 2. The number of aromatic amines is 1. The summed E-state index contributed by atoms with van der Waals surface area (Å²) in [7, 11) is 3.95. The lowest BCUT2D eigenvalue weighted by Crippen LogP contribution is -2.43. The Kier molecular flexibility index (Phi) is 16.7. The first-order chi connectivity index (χ1) is 28.4. The van der Waals surface area contributed by atoms with Gasteiger partial charge >= 0.3 is 29.7 Å². The Balaban J connectivity index is 1.60. The molecule has 1 heterocycles. The van der Waals surface area contributed by atoms with Gasteiger partial charge in [0.15, 0.2) is 0 Å². The lowest BCUT2D eigenvalue weighted by Gasteiger charge is -2.28. The van der Waals surface area contributed by atoms with Crippen molar-refractivity contribution in [3.05, 3.63) is 71.8 Å². The van der Waals surface area contributed by atoms with Crippen LogP contribution in [0.15, 0.2) is 60.7 Å². The van der Waals surface area contributed by atoms with E-state index >= 15 is 0 Å². The number of aromatic nitrogens is 2. The second kappa shape index (κ2) is 20.8. The van der Waals surface area contributed by atoms with Crippen molar-refractivity contribution in [3.8, 4) is 39.7 Å². The molecule has 0 aliphatic heterocycles. The molecular formula is C43H64N6O9Si2. The summed E-state index contributed by atoms with van der Waals surface area (Å²) in [6.45, 7) is 13.3. The average Bonchev–Trinajstić information content (AvgIpc) is 3.67. The van der Waals surface area contributed by atoms with Crippen LogP contribution in [-0.4, -0.2) is 100 Å². The summed E-state index contributed by atoms with van der Waals surface area (Å²) in [5, 5.41) is 23.0. The molecule has 0 unspecified atom stereocenters. The number of hydrogen-bond donors (Lipinski definition) is 6. The molecule has 0 bridgehead atoms. The number of hydrogen-bond acceptors (Lipinski definition) is 10. The van der Waals surface area contributed by atoms with Gasteiger partial charge in [-0.05, 0) is 60.1 Å². The normalized spacial score (nSPS) is 12.3. The van der Waals surface area contributed by atoms with Gasteiger partial charge in [-0.2, -0.15) is 0 Å². The molecule has 328 valence electrons. The van der Waals surface area contributed by atoms with Gasteiger partial charge in [0, 0.05) is 107 Å². The van der Waals surface area contributed by atoms with E-state index in [4.69, 9.17) is 31.5 Å². The first-order valence-electron chi connectivity index (χ1n) is 20.0. The van der Waals surface area contributed by atoms with Crippen molar-refractivity contribution >= 4 is 41.0 Å². The van der Waals surface area contributed by atoms with Crippen molar-refractivity contribution in [3.63, 3.8) is 0 Å². The van der Waals surface area contributed by atoms with Crippen LogP contribution in [0.2, 0.25) is 12.1 Å². The SMILES string of the molecule is CO[Si](CCCNC(=O)Nc1ccc(-c2nc(-c3cc(C(C)(C)C)c(O)c(C(C)(C)C)c3)[nH]c2-c2ccc(NC(=O)NCCC[Si](OC)(OC)OC)cc2)cc1)(OC)OC. The van der Waals surface area contributed by atoms with Crippen LogP contribution in [0, 0.1) is 0 Å². The lowest BCUT2D eigenvalue weighted by molar-refractivity contribution is 0.122. The number of carbonyl (C=O) groups excluding carboxylic acids is 2. The minimum absolute atomic E-state index is 0.287.